The molecule has 0 N–H and O–H groups in total. The fourth-order valence-electron chi connectivity index (χ4n) is 1.03. The molecule has 1 rings (SSSR count). The van der Waals surface area contributed by atoms with Crippen molar-refractivity contribution < 1.29 is 14.3 Å². The molecule has 0 amide bonds. The van der Waals surface area contributed by atoms with Crippen LogP contribution >= 0.6 is 11.6 Å². The maximum absolute atomic E-state index is 10.8. The summed E-state index contributed by atoms with van der Waals surface area (Å²) in [5, 5.41) is 14.5. The molecule has 1 heterocycles. The van der Waals surface area contributed by atoms with Gasteiger partial charge in [-0.1, -0.05) is 0 Å². The smallest absolute Gasteiger partial charge is 0.325 e. The normalized spacial score (nSPS) is 12.5. The Balaban J connectivity index is 3.14. The molecule has 0 saturated heterocycles. The van der Waals surface area contributed by atoms with E-state index in [2.05, 4.69) is 10.3 Å². The maximum atomic E-state index is 10.8. The zero-order valence-electron chi connectivity index (χ0n) is 8.32. The first-order valence-electron chi connectivity index (χ1n) is 4.25. The van der Waals surface area contributed by atoms with Crippen LogP contribution in [0.25, 0.3) is 0 Å². The van der Waals surface area contributed by atoms with Crippen LogP contribution in [0.15, 0.2) is 9.52 Å². The van der Waals surface area contributed by atoms with Crippen molar-refractivity contribution in [3.8, 4) is 0 Å². The monoisotopic (exact) mass is 217 g/mol. The van der Waals surface area contributed by atoms with E-state index >= 15 is 0 Å². The van der Waals surface area contributed by atoms with Crippen LogP contribution in [0.3, 0.4) is 0 Å². The molecule has 0 fully saturated rings. The summed E-state index contributed by atoms with van der Waals surface area (Å²) >= 11 is 5.71. The number of nitrogens with zero attached hydrogens (tertiary/aromatic N) is 3. The molecular formula is C8H12ClN3O2. The SMILES string of the molecule is C/C([O-])=N/c1on[n+](C(C)C)c1CCl. The Labute approximate surface area is 87.0 Å². The second-order valence-electron chi connectivity index (χ2n) is 3.13. The lowest BCUT2D eigenvalue weighted by Gasteiger charge is -1.98. The molecule has 0 spiro atoms. The minimum absolute atomic E-state index is 0.128. The predicted octanol–water partition coefficient (Wildman–Crippen LogP) is 0.692. The van der Waals surface area contributed by atoms with Crippen LogP contribution in [0.5, 0.6) is 0 Å². The van der Waals surface area contributed by atoms with Gasteiger partial charge in [0.05, 0.1) is 0 Å². The molecule has 14 heavy (non-hydrogen) atoms. The number of rotatable bonds is 3. The van der Waals surface area contributed by atoms with E-state index < -0.39 is 0 Å². The summed E-state index contributed by atoms with van der Waals surface area (Å²) in [6.07, 6.45) is 0. The number of halogens is 1. The van der Waals surface area contributed by atoms with Gasteiger partial charge in [-0.2, -0.15) is 0 Å². The first-order chi connectivity index (χ1) is 6.56. The topological polar surface area (TPSA) is 65.3 Å². The molecule has 5 nitrogen and oxygen atoms in total. The van der Waals surface area contributed by atoms with Crippen LogP contribution < -0.4 is 9.79 Å². The maximum Gasteiger partial charge on any atom is 0.325 e. The van der Waals surface area contributed by atoms with Gasteiger partial charge in [0.1, 0.15) is 5.88 Å². The quantitative estimate of drug-likeness (QED) is 0.324. The van der Waals surface area contributed by atoms with Crippen LogP contribution in [0.1, 0.15) is 32.5 Å². The molecule has 1 aromatic rings. The molecule has 0 bridgehead atoms. The average Bonchev–Trinajstić information content (AvgIpc) is 2.46. The van der Waals surface area contributed by atoms with Gasteiger partial charge >= 0.3 is 5.88 Å². The van der Waals surface area contributed by atoms with Gasteiger partial charge in [-0.05, 0) is 17.5 Å². The molecular weight excluding hydrogens is 206 g/mol. The largest absolute Gasteiger partial charge is 0.862 e. The zero-order valence-corrected chi connectivity index (χ0v) is 9.08. The highest BCUT2D eigenvalue weighted by Gasteiger charge is 2.25. The highest BCUT2D eigenvalue weighted by atomic mass is 35.5. The van der Waals surface area contributed by atoms with Crippen molar-refractivity contribution in [3.05, 3.63) is 5.69 Å². The van der Waals surface area contributed by atoms with E-state index in [0.717, 1.165) is 0 Å². The number of aliphatic imine (C=N–C) groups is 1. The Hall–Kier alpha value is -1.10. The van der Waals surface area contributed by atoms with E-state index in [1.807, 2.05) is 13.8 Å². The molecule has 0 aliphatic rings. The highest BCUT2D eigenvalue weighted by molar-refractivity contribution is 6.17. The third-order valence-electron chi connectivity index (χ3n) is 1.61. The third-order valence-corrected chi connectivity index (χ3v) is 1.87. The van der Waals surface area contributed by atoms with E-state index in [1.54, 1.807) is 4.68 Å². The molecule has 0 radical (unpaired) electrons. The number of aromatic nitrogens is 2. The summed E-state index contributed by atoms with van der Waals surface area (Å²) in [6.45, 7) is 5.23. The van der Waals surface area contributed by atoms with Crippen LogP contribution in [-0.2, 0) is 5.88 Å². The third kappa shape index (κ3) is 2.23. The fourth-order valence-corrected chi connectivity index (χ4v) is 1.27. The van der Waals surface area contributed by atoms with Crippen LogP contribution in [0.2, 0.25) is 0 Å². The average molecular weight is 218 g/mol. The van der Waals surface area contributed by atoms with Crippen molar-refractivity contribution >= 4 is 23.4 Å². The molecule has 0 aliphatic heterocycles. The lowest BCUT2D eigenvalue weighted by Crippen LogP contribution is -2.41. The summed E-state index contributed by atoms with van der Waals surface area (Å²) < 4.78 is 6.51. The van der Waals surface area contributed by atoms with Gasteiger partial charge in [-0.15, -0.1) is 11.6 Å². The molecule has 0 unspecified atom stereocenters. The van der Waals surface area contributed by atoms with E-state index in [9.17, 15) is 5.11 Å². The summed E-state index contributed by atoms with van der Waals surface area (Å²) in [5.74, 6) is 0.0815. The first kappa shape index (κ1) is 11.0. The van der Waals surface area contributed by atoms with Crippen molar-refractivity contribution in [2.75, 3.05) is 0 Å². The van der Waals surface area contributed by atoms with Crippen LogP contribution in [0.4, 0.5) is 5.88 Å². The molecule has 0 atom stereocenters. The van der Waals surface area contributed by atoms with Gasteiger partial charge in [-0.3, -0.25) is 4.52 Å². The zero-order chi connectivity index (χ0) is 10.7. The van der Waals surface area contributed by atoms with E-state index in [1.165, 1.54) is 6.92 Å². The van der Waals surface area contributed by atoms with Crippen molar-refractivity contribution in [1.82, 2.24) is 5.27 Å². The van der Waals surface area contributed by atoms with Crippen LogP contribution in [0, 0.1) is 0 Å². The molecule has 0 aliphatic carbocycles. The number of hydrogen-bond acceptors (Lipinski definition) is 4. The standard InChI is InChI=1S/C8H12ClN3O2/c1-5(2)12-7(4-9)8(14-11-12)10-6(3)13/h5H,4H2,1-3H3. The van der Waals surface area contributed by atoms with Crippen molar-refractivity contribution in [3.63, 3.8) is 0 Å². The van der Waals surface area contributed by atoms with Gasteiger partial charge < -0.3 is 5.11 Å². The van der Waals surface area contributed by atoms with Gasteiger partial charge in [0, 0.05) is 13.8 Å². The Bertz CT molecular complexity index is 342. The summed E-state index contributed by atoms with van der Waals surface area (Å²) in [4.78, 5) is 3.66. The van der Waals surface area contributed by atoms with Crippen molar-refractivity contribution in [1.29, 1.82) is 0 Å². The molecule has 0 saturated carbocycles. The minimum atomic E-state index is -0.330. The van der Waals surface area contributed by atoms with Crippen molar-refractivity contribution in [2.45, 2.75) is 32.7 Å². The van der Waals surface area contributed by atoms with E-state index in [4.69, 9.17) is 16.1 Å². The lowest BCUT2D eigenvalue weighted by molar-refractivity contribution is -0.784. The van der Waals surface area contributed by atoms with Gasteiger partial charge in [0.25, 0.3) is 5.69 Å². The highest BCUT2D eigenvalue weighted by Crippen LogP contribution is 2.17. The minimum Gasteiger partial charge on any atom is -0.862 e. The van der Waals surface area contributed by atoms with Gasteiger partial charge in [0.2, 0.25) is 5.27 Å². The molecule has 78 valence electrons. The summed E-state index contributed by atoms with van der Waals surface area (Å²) in [5.41, 5.74) is 0.622. The predicted molar refractivity (Wildman–Crippen MR) is 49.4 cm³/mol. The van der Waals surface area contributed by atoms with Crippen LogP contribution in [-0.4, -0.2) is 11.2 Å². The number of alkyl halides is 1. The fraction of sp³-hybridized carbons (Fsp3) is 0.625. The van der Waals surface area contributed by atoms with E-state index in [0.29, 0.717) is 5.69 Å². The summed E-state index contributed by atoms with van der Waals surface area (Å²) in [7, 11) is 0. The van der Waals surface area contributed by atoms with Crippen molar-refractivity contribution in [2.24, 2.45) is 4.99 Å². The Morgan fingerprint density at radius 2 is 2.36 bits per heavy atom. The lowest BCUT2D eigenvalue weighted by atomic mass is 10.4. The van der Waals surface area contributed by atoms with Gasteiger partial charge in [0.15, 0.2) is 6.04 Å². The second-order valence-corrected chi connectivity index (χ2v) is 3.39. The van der Waals surface area contributed by atoms with E-state index in [-0.39, 0.29) is 23.7 Å². The molecule has 6 heteroatoms. The molecule has 0 aromatic carbocycles. The summed E-state index contributed by atoms with van der Waals surface area (Å²) in [6, 6.07) is 0.128. The Morgan fingerprint density at radius 1 is 1.71 bits per heavy atom. The molecule has 1 aromatic heterocycles. The van der Waals surface area contributed by atoms with Gasteiger partial charge in [-0.25, -0.2) is 4.99 Å². The second kappa shape index (κ2) is 4.41. The Morgan fingerprint density at radius 3 is 2.79 bits per heavy atom. The first-order valence-corrected chi connectivity index (χ1v) is 4.78. The Kier molecular flexibility index (Phi) is 3.46. The number of hydrogen-bond donors (Lipinski definition) is 0.